The van der Waals surface area contributed by atoms with Crippen molar-refractivity contribution in [2.75, 3.05) is 24.7 Å². The molecule has 1 fully saturated rings. The molecule has 2 aromatic carbocycles. The molecule has 39 heavy (non-hydrogen) atoms. The Morgan fingerprint density at radius 2 is 1.87 bits per heavy atom. The van der Waals surface area contributed by atoms with Crippen LogP contribution in [0, 0.1) is 0 Å². The summed E-state index contributed by atoms with van der Waals surface area (Å²) in [7, 11) is -3.69. The second-order valence-corrected chi connectivity index (χ2v) is 12.8. The lowest BCUT2D eigenvalue weighted by Crippen LogP contribution is -2.44. The number of ether oxygens (including phenoxy) is 1. The number of phenols is 1. The van der Waals surface area contributed by atoms with Gasteiger partial charge in [-0.3, -0.25) is 15.0 Å². The normalized spacial score (nSPS) is 18.9. The van der Waals surface area contributed by atoms with Gasteiger partial charge in [0, 0.05) is 36.8 Å². The van der Waals surface area contributed by atoms with Crippen molar-refractivity contribution < 1.29 is 36.2 Å². The van der Waals surface area contributed by atoms with E-state index < -0.39 is 34.2 Å². The first kappa shape index (κ1) is 29.5. The van der Waals surface area contributed by atoms with Crippen LogP contribution >= 0.6 is 22.9 Å². The highest BCUT2D eigenvalue weighted by atomic mass is 35.5. The van der Waals surface area contributed by atoms with Crippen molar-refractivity contribution in [3.05, 3.63) is 51.5 Å². The minimum Gasteiger partial charge on any atom is -0.507 e. The molecule has 9 nitrogen and oxygen atoms in total. The fraction of sp³-hybridized carbons (Fsp3) is 0.417. The molecule has 212 valence electrons. The number of phenolic OH excluding ortho intramolecular Hbond substituents is 1. The molecule has 1 saturated heterocycles. The molecule has 0 saturated carbocycles. The molecule has 0 bridgehead atoms. The van der Waals surface area contributed by atoms with Crippen LogP contribution < -0.4 is 10.0 Å². The van der Waals surface area contributed by atoms with Crippen LogP contribution in [0.1, 0.15) is 40.9 Å². The number of hydrogen-bond acceptors (Lipinski definition) is 8. The smallest absolute Gasteiger partial charge is 0.416 e. The second-order valence-electron chi connectivity index (χ2n) is 9.46. The standard InChI is InChI=1S/C24H26ClF3N4O5S2/c1-12-9-32(10-13(2)37-12)11-15-5-17(25)7-18(21(15)33)22(34)31-23-30-20-14(8-29-39(3,35)36)4-16(24(26,27)28)6-19(20)38-23/h4-7,12-13,29,33H,8-11H2,1-3H3,(H,30,31,34)/t12-,13+. The Balaban J connectivity index is 1.62. The number of halogens is 4. The maximum Gasteiger partial charge on any atom is 0.416 e. The van der Waals surface area contributed by atoms with Gasteiger partial charge in [0.15, 0.2) is 5.13 Å². The van der Waals surface area contributed by atoms with Gasteiger partial charge in [0.2, 0.25) is 10.0 Å². The van der Waals surface area contributed by atoms with Crippen LogP contribution in [0.4, 0.5) is 18.3 Å². The average Bonchev–Trinajstić information content (AvgIpc) is 3.20. The van der Waals surface area contributed by atoms with Crippen molar-refractivity contribution >= 4 is 54.2 Å². The minimum atomic E-state index is -4.68. The molecular weight excluding hydrogens is 581 g/mol. The number of thiazole rings is 1. The van der Waals surface area contributed by atoms with Crippen molar-refractivity contribution in [3.63, 3.8) is 0 Å². The van der Waals surface area contributed by atoms with E-state index in [2.05, 4.69) is 19.9 Å². The fourth-order valence-electron chi connectivity index (χ4n) is 4.43. The molecule has 1 aromatic heterocycles. The summed E-state index contributed by atoms with van der Waals surface area (Å²) in [4.78, 5) is 19.4. The van der Waals surface area contributed by atoms with Crippen LogP contribution in [0.5, 0.6) is 5.75 Å². The lowest BCUT2D eigenvalue weighted by molar-refractivity contribution is -0.137. The van der Waals surface area contributed by atoms with Gasteiger partial charge < -0.3 is 9.84 Å². The Morgan fingerprint density at radius 1 is 1.21 bits per heavy atom. The number of hydrogen-bond donors (Lipinski definition) is 3. The molecule has 0 unspecified atom stereocenters. The van der Waals surface area contributed by atoms with Gasteiger partial charge in [-0.05, 0) is 43.7 Å². The van der Waals surface area contributed by atoms with Crippen LogP contribution in [0.25, 0.3) is 10.2 Å². The molecule has 3 N–H and O–H groups in total. The Bertz CT molecular complexity index is 1500. The summed E-state index contributed by atoms with van der Waals surface area (Å²) >= 11 is 7.04. The number of benzene rings is 2. The van der Waals surface area contributed by atoms with Crippen molar-refractivity contribution in [2.45, 2.75) is 45.3 Å². The number of sulfonamides is 1. The molecule has 2 atom stereocenters. The number of aromatic nitrogens is 1. The average molecular weight is 607 g/mol. The Labute approximate surface area is 232 Å². The molecule has 0 aliphatic carbocycles. The van der Waals surface area contributed by atoms with Gasteiger partial charge in [-0.2, -0.15) is 13.2 Å². The highest BCUT2D eigenvalue weighted by molar-refractivity contribution is 7.88. The number of rotatable bonds is 7. The predicted molar refractivity (Wildman–Crippen MR) is 143 cm³/mol. The summed E-state index contributed by atoms with van der Waals surface area (Å²) in [5.41, 5.74) is -0.580. The number of amides is 1. The molecule has 0 radical (unpaired) electrons. The van der Waals surface area contributed by atoms with Crippen LogP contribution in [0.3, 0.4) is 0 Å². The monoisotopic (exact) mass is 606 g/mol. The Morgan fingerprint density at radius 3 is 2.49 bits per heavy atom. The zero-order valence-corrected chi connectivity index (χ0v) is 23.5. The van der Waals surface area contributed by atoms with E-state index in [9.17, 15) is 31.5 Å². The Kier molecular flexibility index (Phi) is 8.45. The van der Waals surface area contributed by atoms with Crippen molar-refractivity contribution in [2.24, 2.45) is 0 Å². The summed E-state index contributed by atoms with van der Waals surface area (Å²) in [6, 6.07) is 4.55. The number of carbonyl (C=O) groups is 1. The van der Waals surface area contributed by atoms with E-state index >= 15 is 0 Å². The van der Waals surface area contributed by atoms with Crippen molar-refractivity contribution in [3.8, 4) is 5.75 Å². The first-order valence-electron chi connectivity index (χ1n) is 11.7. The van der Waals surface area contributed by atoms with Crippen molar-refractivity contribution in [1.82, 2.24) is 14.6 Å². The van der Waals surface area contributed by atoms with E-state index in [0.29, 0.717) is 25.2 Å². The van der Waals surface area contributed by atoms with Gasteiger partial charge in [0.1, 0.15) is 5.75 Å². The summed E-state index contributed by atoms with van der Waals surface area (Å²) in [6.45, 7) is 5.03. The number of fused-ring (bicyclic) bond motifs is 1. The topological polar surface area (TPSA) is 121 Å². The number of anilines is 1. The first-order chi connectivity index (χ1) is 18.1. The van der Waals surface area contributed by atoms with Gasteiger partial charge in [-0.15, -0.1) is 0 Å². The molecule has 0 spiro atoms. The molecule has 15 heteroatoms. The lowest BCUT2D eigenvalue weighted by Gasteiger charge is -2.35. The van der Waals surface area contributed by atoms with Crippen molar-refractivity contribution in [1.29, 1.82) is 0 Å². The predicted octanol–water partition coefficient (Wildman–Crippen LogP) is 4.58. The number of morpholine rings is 1. The first-order valence-corrected chi connectivity index (χ1v) is 14.8. The quantitative estimate of drug-likeness (QED) is 0.360. The number of aromatic hydroxyl groups is 1. The van der Waals surface area contributed by atoms with E-state index in [1.807, 2.05) is 13.8 Å². The number of nitrogens with one attached hydrogen (secondary N) is 2. The summed E-state index contributed by atoms with van der Waals surface area (Å²) in [5, 5.41) is 13.6. The van der Waals surface area contributed by atoms with Gasteiger partial charge in [-0.25, -0.2) is 18.1 Å². The molecule has 4 rings (SSSR count). The molecule has 1 aliphatic heterocycles. The minimum absolute atomic E-state index is 0.00716. The Hall–Kier alpha value is -2.49. The van der Waals surface area contributed by atoms with E-state index in [4.69, 9.17) is 16.3 Å². The van der Waals surface area contributed by atoms with Crippen LogP contribution in [0.2, 0.25) is 5.02 Å². The van der Waals surface area contributed by atoms with Crippen LogP contribution in [-0.2, 0) is 34.0 Å². The second kappa shape index (κ2) is 11.2. The fourth-order valence-corrected chi connectivity index (χ4v) is 6.03. The number of nitrogens with zero attached hydrogens (tertiary/aromatic N) is 2. The van der Waals surface area contributed by atoms with Crippen LogP contribution in [-0.4, -0.2) is 60.9 Å². The van der Waals surface area contributed by atoms with E-state index in [-0.39, 0.29) is 49.5 Å². The third-order valence-electron chi connectivity index (χ3n) is 5.93. The highest BCUT2D eigenvalue weighted by Crippen LogP contribution is 2.37. The van der Waals surface area contributed by atoms with E-state index in [0.717, 1.165) is 29.7 Å². The maximum atomic E-state index is 13.5. The van der Waals surface area contributed by atoms with E-state index in [1.165, 1.54) is 6.07 Å². The molecular formula is C24H26ClF3N4O5S2. The molecule has 3 aromatic rings. The number of alkyl halides is 3. The third kappa shape index (κ3) is 7.38. The zero-order valence-electron chi connectivity index (χ0n) is 21.1. The summed E-state index contributed by atoms with van der Waals surface area (Å²) in [6.07, 6.45) is -3.81. The highest BCUT2D eigenvalue weighted by Gasteiger charge is 2.32. The third-order valence-corrected chi connectivity index (χ3v) is 7.74. The van der Waals surface area contributed by atoms with Gasteiger partial charge in [-0.1, -0.05) is 22.9 Å². The SMILES string of the molecule is C[C@@H]1CN(Cc2cc(Cl)cc(C(=O)Nc3nc4c(CNS(C)(=O)=O)cc(C(F)(F)F)cc4s3)c2O)C[C@H](C)O1. The summed E-state index contributed by atoms with van der Waals surface area (Å²) < 4.78 is 71.4. The van der Waals surface area contributed by atoms with Crippen LogP contribution in [0.15, 0.2) is 24.3 Å². The van der Waals surface area contributed by atoms with Gasteiger partial charge in [0.05, 0.1) is 39.8 Å². The maximum absolute atomic E-state index is 13.5. The summed E-state index contributed by atoms with van der Waals surface area (Å²) in [5.74, 6) is -1.03. The van der Waals surface area contributed by atoms with E-state index in [1.54, 1.807) is 6.07 Å². The molecule has 1 aliphatic rings. The van der Waals surface area contributed by atoms with Gasteiger partial charge >= 0.3 is 6.18 Å². The number of carbonyl (C=O) groups excluding carboxylic acids is 1. The zero-order chi connectivity index (χ0) is 28.7. The molecule has 1 amide bonds. The largest absolute Gasteiger partial charge is 0.507 e. The lowest BCUT2D eigenvalue weighted by atomic mass is 10.1. The van der Waals surface area contributed by atoms with Gasteiger partial charge in [0.25, 0.3) is 5.91 Å². The molecule has 2 heterocycles.